The topological polar surface area (TPSA) is 66.8 Å². The fourth-order valence-corrected chi connectivity index (χ4v) is 5.17. The number of amides is 1. The third-order valence-corrected chi connectivity index (χ3v) is 6.82. The summed E-state index contributed by atoms with van der Waals surface area (Å²) in [6, 6.07) is 15.0. The number of hydrogen-bond acceptors (Lipinski definition) is 4. The van der Waals surface area contributed by atoms with Crippen LogP contribution in [0.3, 0.4) is 0 Å². The number of anilines is 1. The second-order valence-corrected chi connectivity index (χ2v) is 10.1. The van der Waals surface area contributed by atoms with Gasteiger partial charge in [0.15, 0.2) is 0 Å². The highest BCUT2D eigenvalue weighted by molar-refractivity contribution is 6.52. The third-order valence-electron chi connectivity index (χ3n) is 6.38. The highest BCUT2D eigenvalue weighted by Gasteiger charge is 2.47. The van der Waals surface area contributed by atoms with Crippen LogP contribution >= 0.6 is 23.2 Å². The highest BCUT2D eigenvalue weighted by atomic mass is 35.5. The number of halogens is 2. The molecule has 0 saturated carbocycles. The van der Waals surface area contributed by atoms with Crippen LogP contribution in [-0.4, -0.2) is 23.9 Å². The molecule has 186 valence electrons. The van der Waals surface area contributed by atoms with Gasteiger partial charge in [-0.15, -0.1) is 0 Å². The Morgan fingerprint density at radius 1 is 1.00 bits per heavy atom. The molecule has 7 heteroatoms. The van der Waals surface area contributed by atoms with Crippen molar-refractivity contribution < 1.29 is 19.4 Å². The molecule has 5 nitrogen and oxygen atoms in total. The van der Waals surface area contributed by atoms with E-state index in [1.165, 1.54) is 4.90 Å². The smallest absolute Gasteiger partial charge is 0.300 e. The van der Waals surface area contributed by atoms with Gasteiger partial charge in [0, 0.05) is 21.3 Å². The number of carbonyl (C=O) groups excluding carboxylic acids is 2. The fraction of sp³-hybridized carbons (Fsp3) is 0.241. The minimum absolute atomic E-state index is 0.00432. The maximum absolute atomic E-state index is 13.5. The molecule has 1 aliphatic rings. The molecular formula is C29H27Cl2NO4. The first-order valence-electron chi connectivity index (χ1n) is 11.6. The van der Waals surface area contributed by atoms with Gasteiger partial charge in [-0.05, 0) is 66.8 Å². The number of ketones is 1. The van der Waals surface area contributed by atoms with E-state index < -0.39 is 17.7 Å². The minimum Gasteiger partial charge on any atom is -0.507 e. The van der Waals surface area contributed by atoms with Gasteiger partial charge >= 0.3 is 0 Å². The van der Waals surface area contributed by atoms with Crippen LogP contribution in [0, 0.1) is 13.8 Å². The molecule has 1 atom stereocenters. The lowest BCUT2D eigenvalue weighted by Crippen LogP contribution is -2.29. The van der Waals surface area contributed by atoms with Crippen molar-refractivity contribution in [2.75, 3.05) is 12.0 Å². The average Bonchev–Trinajstić information content (AvgIpc) is 3.08. The predicted octanol–water partition coefficient (Wildman–Crippen LogP) is 7.37. The van der Waals surface area contributed by atoms with Crippen LogP contribution in [0.15, 0.2) is 60.2 Å². The quantitative estimate of drug-likeness (QED) is 0.215. The van der Waals surface area contributed by atoms with Crippen LogP contribution in [0.4, 0.5) is 5.69 Å². The molecule has 1 amide bonds. The lowest BCUT2D eigenvalue weighted by Gasteiger charge is -2.26. The van der Waals surface area contributed by atoms with Gasteiger partial charge in [0.1, 0.15) is 11.5 Å². The number of nitrogens with zero attached hydrogens (tertiary/aromatic N) is 1. The summed E-state index contributed by atoms with van der Waals surface area (Å²) in [5.41, 5.74) is 4.08. The summed E-state index contributed by atoms with van der Waals surface area (Å²) in [7, 11) is 1.60. The number of aliphatic hydroxyl groups is 1. The van der Waals surface area contributed by atoms with E-state index in [2.05, 4.69) is 0 Å². The number of benzene rings is 3. The first-order valence-corrected chi connectivity index (χ1v) is 12.3. The maximum Gasteiger partial charge on any atom is 0.300 e. The van der Waals surface area contributed by atoms with E-state index in [1.807, 2.05) is 64.1 Å². The first kappa shape index (κ1) is 25.8. The van der Waals surface area contributed by atoms with Crippen LogP contribution in [0.25, 0.3) is 5.76 Å². The van der Waals surface area contributed by atoms with Gasteiger partial charge in [-0.25, -0.2) is 0 Å². The van der Waals surface area contributed by atoms with E-state index in [0.29, 0.717) is 38.2 Å². The lowest BCUT2D eigenvalue weighted by atomic mass is 9.90. The first-order chi connectivity index (χ1) is 17.0. The Kier molecular flexibility index (Phi) is 7.17. The zero-order valence-corrected chi connectivity index (χ0v) is 22.2. The molecule has 1 N–H and O–H groups in total. The Morgan fingerprint density at radius 2 is 1.67 bits per heavy atom. The van der Waals surface area contributed by atoms with E-state index >= 15 is 0 Å². The Morgan fingerprint density at radius 3 is 2.25 bits per heavy atom. The summed E-state index contributed by atoms with van der Waals surface area (Å²) >= 11 is 12.5. The number of carbonyl (C=O) groups is 2. The fourth-order valence-electron chi connectivity index (χ4n) is 4.66. The second-order valence-electron chi connectivity index (χ2n) is 9.27. The van der Waals surface area contributed by atoms with Crippen molar-refractivity contribution in [1.29, 1.82) is 0 Å². The molecule has 3 aromatic carbocycles. The number of rotatable bonds is 5. The molecule has 0 aromatic heterocycles. The minimum atomic E-state index is -0.872. The van der Waals surface area contributed by atoms with Crippen LogP contribution < -0.4 is 9.64 Å². The maximum atomic E-state index is 13.5. The van der Waals surface area contributed by atoms with Crippen molar-refractivity contribution in [3.8, 4) is 5.75 Å². The van der Waals surface area contributed by atoms with Crippen LogP contribution in [0.5, 0.6) is 5.75 Å². The van der Waals surface area contributed by atoms with Crippen molar-refractivity contribution in [3.05, 3.63) is 98.0 Å². The standard InChI is InChI=1S/C29H27Cl2NO4/c1-15(2)22-14-23(17(4)10-24(22)36-5)27(33)25-26(18-8-6-7-16(3)9-18)32(29(35)28(25)34)21-12-19(30)11-20(31)13-21/h6-15,26,33H,1-5H3/b27-25+. The summed E-state index contributed by atoms with van der Waals surface area (Å²) in [4.78, 5) is 28.3. The SMILES string of the molecule is COc1cc(C)c(/C(O)=C2\C(=O)C(=O)N(c3cc(Cl)cc(Cl)c3)C2c2cccc(C)c2)cc1C(C)C. The number of aliphatic hydroxyl groups excluding tert-OH is 1. The van der Waals surface area contributed by atoms with Crippen LogP contribution in [0.2, 0.25) is 10.0 Å². The highest BCUT2D eigenvalue weighted by Crippen LogP contribution is 2.44. The average molecular weight is 524 g/mol. The summed E-state index contributed by atoms with van der Waals surface area (Å²) < 4.78 is 5.53. The Balaban J connectivity index is 2.01. The van der Waals surface area contributed by atoms with Crippen molar-refractivity contribution in [1.82, 2.24) is 0 Å². The van der Waals surface area contributed by atoms with E-state index in [0.717, 1.165) is 11.1 Å². The number of methoxy groups -OCH3 is 1. The zero-order valence-electron chi connectivity index (χ0n) is 20.7. The van der Waals surface area contributed by atoms with Gasteiger partial charge in [0.05, 0.1) is 18.7 Å². The number of Topliss-reactive ketones (excluding diaryl/α,β-unsaturated/α-hetero) is 1. The van der Waals surface area contributed by atoms with Crippen molar-refractivity contribution in [2.45, 2.75) is 39.7 Å². The Bertz CT molecular complexity index is 1390. The van der Waals surface area contributed by atoms with Gasteiger partial charge in [-0.1, -0.05) is 66.9 Å². The summed E-state index contributed by atoms with van der Waals surface area (Å²) in [5, 5.41) is 12.3. The van der Waals surface area contributed by atoms with Gasteiger partial charge < -0.3 is 9.84 Å². The number of aryl methyl sites for hydroxylation is 2. The van der Waals surface area contributed by atoms with E-state index in [9.17, 15) is 14.7 Å². The molecule has 0 radical (unpaired) electrons. The molecule has 1 heterocycles. The van der Waals surface area contributed by atoms with Crippen LogP contribution in [-0.2, 0) is 9.59 Å². The summed E-state index contributed by atoms with van der Waals surface area (Å²) in [5.74, 6) is -0.982. The molecule has 36 heavy (non-hydrogen) atoms. The van der Waals surface area contributed by atoms with Gasteiger partial charge in [0.25, 0.3) is 11.7 Å². The molecule has 0 spiro atoms. The van der Waals surface area contributed by atoms with Gasteiger partial charge in [-0.3, -0.25) is 14.5 Å². The van der Waals surface area contributed by atoms with Crippen molar-refractivity contribution in [2.24, 2.45) is 0 Å². The molecule has 1 saturated heterocycles. The third kappa shape index (κ3) is 4.61. The zero-order chi connectivity index (χ0) is 26.3. The molecule has 0 bridgehead atoms. The number of ether oxygens (including phenoxy) is 1. The second kappa shape index (κ2) is 10.00. The Labute approximate surface area is 220 Å². The van der Waals surface area contributed by atoms with E-state index in [1.54, 1.807) is 25.3 Å². The number of hydrogen-bond donors (Lipinski definition) is 1. The van der Waals surface area contributed by atoms with Crippen LogP contribution in [0.1, 0.15) is 53.6 Å². The summed E-state index contributed by atoms with van der Waals surface area (Å²) in [6.45, 7) is 7.79. The largest absolute Gasteiger partial charge is 0.507 e. The predicted molar refractivity (Wildman–Crippen MR) is 144 cm³/mol. The Hall–Kier alpha value is -3.28. The molecule has 1 aliphatic heterocycles. The lowest BCUT2D eigenvalue weighted by molar-refractivity contribution is -0.132. The molecule has 1 unspecified atom stereocenters. The monoisotopic (exact) mass is 523 g/mol. The van der Waals surface area contributed by atoms with Crippen molar-refractivity contribution >= 4 is 46.3 Å². The summed E-state index contributed by atoms with van der Waals surface area (Å²) in [6.07, 6.45) is 0. The van der Waals surface area contributed by atoms with Gasteiger partial charge in [0.2, 0.25) is 0 Å². The molecular weight excluding hydrogens is 497 g/mol. The molecule has 0 aliphatic carbocycles. The van der Waals surface area contributed by atoms with Crippen molar-refractivity contribution in [3.63, 3.8) is 0 Å². The normalized spacial score (nSPS) is 17.2. The molecule has 1 fully saturated rings. The van der Waals surface area contributed by atoms with Gasteiger partial charge in [-0.2, -0.15) is 0 Å². The molecule has 4 rings (SSSR count). The van der Waals surface area contributed by atoms with E-state index in [-0.39, 0.29) is 17.3 Å². The van der Waals surface area contributed by atoms with E-state index in [4.69, 9.17) is 27.9 Å². The molecule has 3 aromatic rings.